The van der Waals surface area contributed by atoms with E-state index in [2.05, 4.69) is 0 Å². The Hall–Kier alpha value is -1.97. The number of aromatic nitrogens is 1. The number of rotatable bonds is 4. The first-order chi connectivity index (χ1) is 11.8. The lowest BCUT2D eigenvalue weighted by molar-refractivity contribution is 0.163. The second-order valence-corrected chi connectivity index (χ2v) is 7.30. The van der Waals surface area contributed by atoms with Gasteiger partial charge in [0.05, 0.1) is 5.56 Å². The maximum absolute atomic E-state index is 13.1. The Balaban J connectivity index is 2.21. The van der Waals surface area contributed by atoms with Gasteiger partial charge in [-0.2, -0.15) is 4.74 Å². The molecule has 0 fully saturated rings. The number of hydrogen-bond donors (Lipinski definition) is 0. The normalized spacial score (nSPS) is 11.7. The third kappa shape index (κ3) is 3.26. The van der Waals surface area contributed by atoms with Gasteiger partial charge in [0.1, 0.15) is 11.3 Å². The highest BCUT2D eigenvalue weighted by Crippen LogP contribution is 2.32. The van der Waals surface area contributed by atoms with E-state index in [9.17, 15) is 4.79 Å². The van der Waals surface area contributed by atoms with Crippen LogP contribution in [0.3, 0.4) is 0 Å². The Bertz CT molecular complexity index is 935. The number of benzene rings is 2. The first-order valence-electron chi connectivity index (χ1n) is 8.12. The molecule has 0 unspecified atom stereocenters. The van der Waals surface area contributed by atoms with Gasteiger partial charge in [-0.15, -0.1) is 0 Å². The maximum atomic E-state index is 13.1. The minimum Gasteiger partial charge on any atom is -0.379 e. The predicted molar refractivity (Wildman–Crippen MR) is 103 cm³/mol. The van der Waals surface area contributed by atoms with Crippen molar-refractivity contribution in [1.82, 2.24) is 4.74 Å². The van der Waals surface area contributed by atoms with Gasteiger partial charge in [0.15, 0.2) is 0 Å². The van der Waals surface area contributed by atoms with Gasteiger partial charge >= 0.3 is 0 Å². The molecule has 3 aromatic rings. The van der Waals surface area contributed by atoms with E-state index >= 15 is 0 Å². The fourth-order valence-electron chi connectivity index (χ4n) is 2.94. The summed E-state index contributed by atoms with van der Waals surface area (Å²) in [6.45, 7) is 5.79. The van der Waals surface area contributed by atoms with Crippen molar-refractivity contribution in [1.29, 1.82) is 0 Å². The summed E-state index contributed by atoms with van der Waals surface area (Å²) >= 11 is 12.3. The van der Waals surface area contributed by atoms with E-state index in [1.54, 1.807) is 18.2 Å². The van der Waals surface area contributed by atoms with Crippen LogP contribution in [0.25, 0.3) is 11.1 Å². The van der Waals surface area contributed by atoms with E-state index in [-0.39, 0.29) is 5.56 Å². The van der Waals surface area contributed by atoms with E-state index in [1.165, 1.54) is 4.74 Å². The zero-order valence-electron chi connectivity index (χ0n) is 14.3. The first kappa shape index (κ1) is 17.8. The van der Waals surface area contributed by atoms with Gasteiger partial charge < -0.3 is 4.52 Å². The van der Waals surface area contributed by atoms with Crippen molar-refractivity contribution in [3.8, 4) is 11.1 Å². The molecule has 0 atom stereocenters. The molecule has 3 nitrogen and oxygen atoms in total. The van der Waals surface area contributed by atoms with Crippen LogP contribution in [0.2, 0.25) is 10.0 Å². The Morgan fingerprint density at radius 1 is 1.04 bits per heavy atom. The van der Waals surface area contributed by atoms with Crippen molar-refractivity contribution in [2.75, 3.05) is 0 Å². The predicted octanol–water partition coefficient (Wildman–Crippen LogP) is 5.76. The van der Waals surface area contributed by atoms with E-state index in [1.807, 2.05) is 51.1 Å². The van der Waals surface area contributed by atoms with Gasteiger partial charge in [-0.05, 0) is 43.2 Å². The van der Waals surface area contributed by atoms with Crippen LogP contribution >= 0.6 is 23.2 Å². The van der Waals surface area contributed by atoms with Crippen LogP contribution in [0.4, 0.5) is 0 Å². The van der Waals surface area contributed by atoms with Gasteiger partial charge in [0.25, 0.3) is 5.56 Å². The standard InChI is InChI=1S/C20H19Cl2NO2/c1-4-17-18(13-8-6-5-7-9-13)19(24)23(25-17)20(2,3)14-10-15(21)12-16(22)11-14/h5-12H,4H2,1-3H3. The second-order valence-electron chi connectivity index (χ2n) is 6.43. The van der Waals surface area contributed by atoms with Gasteiger partial charge in [-0.3, -0.25) is 4.79 Å². The molecule has 1 heterocycles. The van der Waals surface area contributed by atoms with Crippen LogP contribution in [-0.2, 0) is 12.0 Å². The Labute approximate surface area is 156 Å². The third-order valence-electron chi connectivity index (χ3n) is 4.34. The summed E-state index contributed by atoms with van der Waals surface area (Å²) in [5.74, 6) is 0.664. The molecule has 0 saturated heterocycles. The monoisotopic (exact) mass is 375 g/mol. The molecule has 130 valence electrons. The summed E-state index contributed by atoms with van der Waals surface area (Å²) in [6, 6.07) is 14.8. The van der Waals surface area contributed by atoms with Crippen LogP contribution in [0.15, 0.2) is 57.8 Å². The Kier molecular flexibility index (Phi) is 4.81. The number of hydrogen-bond acceptors (Lipinski definition) is 2. The molecule has 5 heteroatoms. The topological polar surface area (TPSA) is 35.1 Å². The Morgan fingerprint density at radius 2 is 1.64 bits per heavy atom. The number of halogens is 2. The molecule has 3 rings (SSSR count). The van der Waals surface area contributed by atoms with Crippen LogP contribution in [0.1, 0.15) is 32.1 Å². The molecule has 1 aromatic heterocycles. The van der Waals surface area contributed by atoms with Crippen LogP contribution in [-0.4, -0.2) is 4.74 Å². The SMILES string of the molecule is CCc1on(C(C)(C)c2cc(Cl)cc(Cl)c2)c(=O)c1-c1ccccc1. The highest BCUT2D eigenvalue weighted by molar-refractivity contribution is 6.34. The molecule has 2 aromatic carbocycles. The molecule has 0 aliphatic heterocycles. The van der Waals surface area contributed by atoms with Crippen molar-refractivity contribution < 1.29 is 4.52 Å². The molecule has 0 radical (unpaired) electrons. The lowest BCUT2D eigenvalue weighted by Crippen LogP contribution is -2.35. The van der Waals surface area contributed by atoms with Crippen molar-refractivity contribution >= 4 is 23.2 Å². The molecule has 25 heavy (non-hydrogen) atoms. The van der Waals surface area contributed by atoms with E-state index in [0.717, 1.165) is 11.1 Å². The molecule has 0 spiro atoms. The number of aryl methyl sites for hydroxylation is 1. The van der Waals surface area contributed by atoms with Gasteiger partial charge in [0.2, 0.25) is 0 Å². The minimum absolute atomic E-state index is 0.163. The molecule has 0 aliphatic carbocycles. The molecule has 0 aliphatic rings. The van der Waals surface area contributed by atoms with E-state index in [4.69, 9.17) is 27.7 Å². The van der Waals surface area contributed by atoms with Crippen LogP contribution in [0, 0.1) is 0 Å². The third-order valence-corrected chi connectivity index (χ3v) is 4.78. The quantitative estimate of drug-likeness (QED) is 0.580. The second kappa shape index (κ2) is 6.74. The summed E-state index contributed by atoms with van der Waals surface area (Å²) in [6.07, 6.45) is 0.624. The zero-order chi connectivity index (χ0) is 18.2. The molecule has 0 amide bonds. The van der Waals surface area contributed by atoms with Crippen LogP contribution < -0.4 is 5.56 Å². The average Bonchev–Trinajstić information content (AvgIpc) is 2.92. The van der Waals surface area contributed by atoms with E-state index < -0.39 is 5.54 Å². The zero-order valence-corrected chi connectivity index (χ0v) is 15.9. The van der Waals surface area contributed by atoms with Crippen molar-refractivity contribution in [3.05, 3.63) is 80.3 Å². The van der Waals surface area contributed by atoms with Gasteiger partial charge in [0, 0.05) is 16.5 Å². The van der Waals surface area contributed by atoms with Crippen molar-refractivity contribution in [2.24, 2.45) is 0 Å². The molecule has 0 N–H and O–H groups in total. The van der Waals surface area contributed by atoms with Crippen LogP contribution in [0.5, 0.6) is 0 Å². The summed E-state index contributed by atoms with van der Waals surface area (Å²) in [5, 5.41) is 1.04. The summed E-state index contributed by atoms with van der Waals surface area (Å²) in [7, 11) is 0. The molecular formula is C20H19Cl2NO2. The Morgan fingerprint density at radius 3 is 2.20 bits per heavy atom. The fourth-order valence-corrected chi connectivity index (χ4v) is 3.47. The lowest BCUT2D eigenvalue weighted by Gasteiger charge is -2.25. The van der Waals surface area contributed by atoms with Crippen molar-refractivity contribution in [2.45, 2.75) is 32.7 Å². The average molecular weight is 376 g/mol. The number of nitrogens with zero attached hydrogens (tertiary/aromatic N) is 1. The lowest BCUT2D eigenvalue weighted by atomic mass is 9.94. The largest absolute Gasteiger partial charge is 0.379 e. The fraction of sp³-hybridized carbons (Fsp3) is 0.250. The van der Waals surface area contributed by atoms with Gasteiger partial charge in [-0.1, -0.05) is 60.5 Å². The smallest absolute Gasteiger partial charge is 0.291 e. The summed E-state index contributed by atoms with van der Waals surface area (Å²) in [5.41, 5.74) is 1.37. The minimum atomic E-state index is -0.734. The summed E-state index contributed by atoms with van der Waals surface area (Å²) in [4.78, 5) is 13.1. The highest BCUT2D eigenvalue weighted by Gasteiger charge is 2.31. The highest BCUT2D eigenvalue weighted by atomic mass is 35.5. The maximum Gasteiger partial charge on any atom is 0.291 e. The molecule has 0 bridgehead atoms. The van der Waals surface area contributed by atoms with E-state index in [0.29, 0.717) is 27.8 Å². The summed E-state index contributed by atoms with van der Waals surface area (Å²) < 4.78 is 7.38. The van der Waals surface area contributed by atoms with Crippen molar-refractivity contribution in [3.63, 3.8) is 0 Å². The van der Waals surface area contributed by atoms with Gasteiger partial charge in [-0.25, -0.2) is 0 Å². The first-order valence-corrected chi connectivity index (χ1v) is 8.88. The molecule has 0 saturated carbocycles. The molecular weight excluding hydrogens is 357 g/mol.